The van der Waals surface area contributed by atoms with Gasteiger partial charge in [0.1, 0.15) is 5.75 Å². The minimum atomic E-state index is 0.280. The highest BCUT2D eigenvalue weighted by Gasteiger charge is 1.99. The lowest BCUT2D eigenvalue weighted by Crippen LogP contribution is -2.11. The Morgan fingerprint density at radius 3 is 2.81 bits per heavy atom. The van der Waals surface area contributed by atoms with Crippen LogP contribution in [0, 0.1) is 0 Å². The fraction of sp³-hybridized carbons (Fsp3) is 0.167. The molecule has 0 aliphatic carbocycles. The summed E-state index contributed by atoms with van der Waals surface area (Å²) in [6.07, 6.45) is 0. The molecular weight excluding hydrogens is 286 g/mol. The molecule has 1 aromatic carbocycles. The molecule has 2 rings (SSSR count). The van der Waals surface area contributed by atoms with Crippen molar-refractivity contribution in [3.8, 4) is 5.75 Å². The van der Waals surface area contributed by atoms with Crippen LogP contribution in [0.2, 0.25) is 0 Å². The fourth-order valence-electron chi connectivity index (χ4n) is 1.40. The zero-order chi connectivity index (χ0) is 11.4. The molecule has 16 heavy (non-hydrogen) atoms. The molecule has 0 fully saturated rings. The molecule has 2 aromatic rings. The van der Waals surface area contributed by atoms with Crippen molar-refractivity contribution in [2.45, 2.75) is 13.1 Å². The third-order valence-electron chi connectivity index (χ3n) is 2.22. The summed E-state index contributed by atoms with van der Waals surface area (Å²) in [6, 6.07) is 9.72. The second kappa shape index (κ2) is 5.48. The van der Waals surface area contributed by atoms with Gasteiger partial charge in [0.2, 0.25) is 0 Å². The molecule has 0 bridgehead atoms. The molecule has 0 radical (unpaired) electrons. The van der Waals surface area contributed by atoms with Gasteiger partial charge in [0.15, 0.2) is 0 Å². The zero-order valence-corrected chi connectivity index (χ0v) is 11.0. The average molecular weight is 298 g/mol. The van der Waals surface area contributed by atoms with Crippen molar-refractivity contribution in [1.82, 2.24) is 5.32 Å². The van der Waals surface area contributed by atoms with Gasteiger partial charge in [-0.15, -0.1) is 11.3 Å². The molecule has 0 saturated carbocycles. The minimum Gasteiger partial charge on any atom is -0.507 e. The number of rotatable bonds is 4. The summed E-state index contributed by atoms with van der Waals surface area (Å²) in [4.78, 5) is 1.33. The molecule has 0 amide bonds. The highest BCUT2D eigenvalue weighted by Crippen LogP contribution is 2.24. The Kier molecular flexibility index (Phi) is 3.98. The maximum atomic E-state index is 9.35. The Balaban J connectivity index is 1.87. The molecule has 0 aliphatic heterocycles. The van der Waals surface area contributed by atoms with Crippen LogP contribution < -0.4 is 5.32 Å². The lowest BCUT2D eigenvalue weighted by atomic mass is 10.2. The van der Waals surface area contributed by atoms with Crippen molar-refractivity contribution < 1.29 is 5.11 Å². The standard InChI is InChI=1S/C12H12BrNOS/c13-11-6-9(3-4-12(11)15)7-14-8-10-2-1-5-16-10/h1-6,14-15H,7-8H2. The van der Waals surface area contributed by atoms with Crippen LogP contribution in [0.1, 0.15) is 10.4 Å². The van der Waals surface area contributed by atoms with Crippen LogP contribution in [0.15, 0.2) is 40.2 Å². The average Bonchev–Trinajstić information content (AvgIpc) is 2.76. The van der Waals surface area contributed by atoms with Crippen molar-refractivity contribution in [2.75, 3.05) is 0 Å². The van der Waals surface area contributed by atoms with E-state index in [4.69, 9.17) is 0 Å². The van der Waals surface area contributed by atoms with Crippen molar-refractivity contribution in [1.29, 1.82) is 0 Å². The molecule has 2 nitrogen and oxygen atoms in total. The third-order valence-corrected chi connectivity index (χ3v) is 3.73. The Morgan fingerprint density at radius 1 is 1.25 bits per heavy atom. The molecule has 2 N–H and O–H groups in total. The van der Waals surface area contributed by atoms with E-state index in [0.717, 1.165) is 23.1 Å². The van der Waals surface area contributed by atoms with Crippen LogP contribution >= 0.6 is 27.3 Å². The van der Waals surface area contributed by atoms with Crippen LogP contribution in [0.5, 0.6) is 5.75 Å². The van der Waals surface area contributed by atoms with Crippen LogP contribution in [-0.4, -0.2) is 5.11 Å². The summed E-state index contributed by atoms with van der Waals surface area (Å²) in [6.45, 7) is 1.69. The topological polar surface area (TPSA) is 32.3 Å². The first-order valence-corrected chi connectivity index (χ1v) is 6.63. The smallest absolute Gasteiger partial charge is 0.129 e. The maximum Gasteiger partial charge on any atom is 0.129 e. The van der Waals surface area contributed by atoms with E-state index in [-0.39, 0.29) is 5.75 Å². The van der Waals surface area contributed by atoms with Gasteiger partial charge < -0.3 is 10.4 Å². The number of thiophene rings is 1. The first-order chi connectivity index (χ1) is 7.75. The van der Waals surface area contributed by atoms with Crippen LogP contribution in [-0.2, 0) is 13.1 Å². The molecule has 4 heteroatoms. The van der Waals surface area contributed by atoms with Gasteiger partial charge in [-0.1, -0.05) is 12.1 Å². The molecule has 1 heterocycles. The first kappa shape index (κ1) is 11.6. The van der Waals surface area contributed by atoms with E-state index in [1.807, 2.05) is 12.1 Å². The van der Waals surface area contributed by atoms with E-state index in [0.29, 0.717) is 0 Å². The van der Waals surface area contributed by atoms with E-state index in [9.17, 15) is 5.11 Å². The number of phenols is 1. The van der Waals surface area contributed by atoms with Gasteiger partial charge in [-0.3, -0.25) is 0 Å². The maximum absolute atomic E-state index is 9.35. The number of phenolic OH excluding ortho intramolecular Hbond substituents is 1. The number of hydrogen-bond acceptors (Lipinski definition) is 3. The number of nitrogens with one attached hydrogen (secondary N) is 1. The van der Waals surface area contributed by atoms with E-state index in [1.54, 1.807) is 17.4 Å². The highest BCUT2D eigenvalue weighted by molar-refractivity contribution is 9.10. The predicted molar refractivity (Wildman–Crippen MR) is 70.7 cm³/mol. The van der Waals surface area contributed by atoms with Gasteiger partial charge in [0.25, 0.3) is 0 Å². The zero-order valence-electron chi connectivity index (χ0n) is 8.61. The van der Waals surface area contributed by atoms with E-state index < -0.39 is 0 Å². The van der Waals surface area contributed by atoms with Crippen molar-refractivity contribution in [2.24, 2.45) is 0 Å². The second-order valence-corrected chi connectivity index (χ2v) is 5.36. The molecule has 0 spiro atoms. The quantitative estimate of drug-likeness (QED) is 0.905. The number of halogens is 1. The van der Waals surface area contributed by atoms with Gasteiger partial charge in [-0.25, -0.2) is 0 Å². The summed E-state index contributed by atoms with van der Waals surface area (Å²) >= 11 is 5.05. The Bertz CT molecular complexity index is 456. The number of benzene rings is 1. The molecule has 0 unspecified atom stereocenters. The van der Waals surface area contributed by atoms with Gasteiger partial charge in [-0.2, -0.15) is 0 Å². The van der Waals surface area contributed by atoms with Crippen molar-refractivity contribution in [3.05, 3.63) is 50.6 Å². The molecule has 0 atom stereocenters. The van der Waals surface area contributed by atoms with Crippen LogP contribution in [0.25, 0.3) is 0 Å². The number of hydrogen-bond donors (Lipinski definition) is 2. The highest BCUT2D eigenvalue weighted by atomic mass is 79.9. The minimum absolute atomic E-state index is 0.280. The first-order valence-electron chi connectivity index (χ1n) is 4.96. The normalized spacial score (nSPS) is 10.6. The summed E-state index contributed by atoms with van der Waals surface area (Å²) in [5, 5.41) is 14.8. The Hall–Kier alpha value is -0.840. The van der Waals surface area contributed by atoms with Crippen LogP contribution in [0.4, 0.5) is 0 Å². The summed E-state index contributed by atoms with van der Waals surface area (Å²) in [5.41, 5.74) is 1.15. The fourth-order valence-corrected chi connectivity index (χ4v) is 2.50. The van der Waals surface area contributed by atoms with Gasteiger partial charge in [0.05, 0.1) is 4.47 Å². The van der Waals surface area contributed by atoms with E-state index in [1.165, 1.54) is 4.88 Å². The van der Waals surface area contributed by atoms with E-state index >= 15 is 0 Å². The number of aromatic hydroxyl groups is 1. The Morgan fingerprint density at radius 2 is 2.12 bits per heavy atom. The lowest BCUT2D eigenvalue weighted by molar-refractivity contribution is 0.471. The second-order valence-electron chi connectivity index (χ2n) is 3.47. The van der Waals surface area contributed by atoms with Gasteiger partial charge in [0, 0.05) is 18.0 Å². The molecule has 1 aromatic heterocycles. The SMILES string of the molecule is Oc1ccc(CNCc2cccs2)cc1Br. The largest absolute Gasteiger partial charge is 0.507 e. The monoisotopic (exact) mass is 297 g/mol. The van der Waals surface area contributed by atoms with Crippen molar-refractivity contribution >= 4 is 27.3 Å². The third kappa shape index (κ3) is 3.07. The molecule has 0 aliphatic rings. The molecule has 0 saturated heterocycles. The molecule has 84 valence electrons. The predicted octanol–water partition coefficient (Wildman–Crippen LogP) is 3.51. The summed E-state index contributed by atoms with van der Waals surface area (Å²) < 4.78 is 0.739. The van der Waals surface area contributed by atoms with Crippen molar-refractivity contribution in [3.63, 3.8) is 0 Å². The van der Waals surface area contributed by atoms with Crippen LogP contribution in [0.3, 0.4) is 0 Å². The Labute approximate surface area is 107 Å². The summed E-state index contributed by atoms with van der Waals surface area (Å²) in [5.74, 6) is 0.280. The van der Waals surface area contributed by atoms with E-state index in [2.05, 4.69) is 38.8 Å². The van der Waals surface area contributed by atoms with Gasteiger partial charge in [-0.05, 0) is 45.1 Å². The molecular formula is C12H12BrNOS. The summed E-state index contributed by atoms with van der Waals surface area (Å²) in [7, 11) is 0. The lowest BCUT2D eigenvalue weighted by Gasteiger charge is -2.05. The van der Waals surface area contributed by atoms with Gasteiger partial charge >= 0.3 is 0 Å².